The first-order valence-electron chi connectivity index (χ1n) is 11.0. The van der Waals surface area contributed by atoms with E-state index in [4.69, 9.17) is 4.74 Å². The molecular weight excluding hydrogens is 518 g/mol. The van der Waals surface area contributed by atoms with Crippen LogP contribution in [0.1, 0.15) is 27.5 Å². The van der Waals surface area contributed by atoms with Gasteiger partial charge in [0.05, 0.1) is 6.04 Å². The molecule has 0 saturated carbocycles. The average molecular weight is 549 g/mol. The number of aromatic hydroxyl groups is 1. The monoisotopic (exact) mass is 547 g/mol. The highest BCUT2D eigenvalue weighted by molar-refractivity contribution is 9.10. The predicted octanol–water partition coefficient (Wildman–Crippen LogP) is 4.33. The maximum absolute atomic E-state index is 12.9. The summed E-state index contributed by atoms with van der Waals surface area (Å²) in [5, 5.41) is 12.6. The van der Waals surface area contributed by atoms with Gasteiger partial charge in [0.15, 0.2) is 0 Å². The number of urea groups is 1. The molecule has 4 amide bonds. The van der Waals surface area contributed by atoms with Gasteiger partial charge in [0.1, 0.15) is 12.5 Å². The molecule has 2 aromatic rings. The number of amides is 4. The lowest BCUT2D eigenvalue weighted by molar-refractivity contribution is -0.119. The van der Waals surface area contributed by atoms with E-state index in [0.717, 1.165) is 26.5 Å². The Morgan fingerprint density at radius 2 is 1.97 bits per heavy atom. The van der Waals surface area contributed by atoms with Crippen molar-refractivity contribution in [3.05, 3.63) is 63.6 Å². The first-order valence-corrected chi connectivity index (χ1v) is 15.5. The number of rotatable bonds is 10. The van der Waals surface area contributed by atoms with Crippen molar-refractivity contribution >= 4 is 42.4 Å². The summed E-state index contributed by atoms with van der Waals surface area (Å²) < 4.78 is 6.45. The highest BCUT2D eigenvalue weighted by Gasteiger charge is 2.31. The number of halogens is 1. The molecule has 1 atom stereocenters. The van der Waals surface area contributed by atoms with Crippen LogP contribution in [0.4, 0.5) is 4.79 Å². The largest absolute Gasteiger partial charge is 0.508 e. The number of carbonyl (C=O) groups is 3. The Kier molecular flexibility index (Phi) is 8.50. The number of imide groups is 1. The van der Waals surface area contributed by atoms with Crippen LogP contribution < -0.4 is 5.32 Å². The summed E-state index contributed by atoms with van der Waals surface area (Å²) in [5.74, 6) is -0.188. The lowest BCUT2D eigenvalue weighted by Crippen LogP contribution is -2.45. The van der Waals surface area contributed by atoms with Crippen molar-refractivity contribution in [3.63, 3.8) is 0 Å². The average Bonchev–Trinajstić information content (AvgIpc) is 3.08. The van der Waals surface area contributed by atoms with Gasteiger partial charge in [-0.2, -0.15) is 0 Å². The molecule has 0 aliphatic carbocycles. The second-order valence-corrected chi connectivity index (χ2v) is 16.0. The Morgan fingerprint density at radius 3 is 2.62 bits per heavy atom. The van der Waals surface area contributed by atoms with Gasteiger partial charge in [-0.25, -0.2) is 9.69 Å². The normalized spacial score (nSPS) is 14.0. The van der Waals surface area contributed by atoms with E-state index in [0.29, 0.717) is 25.1 Å². The van der Waals surface area contributed by atoms with E-state index in [1.807, 2.05) is 24.3 Å². The molecule has 10 heteroatoms. The van der Waals surface area contributed by atoms with Crippen molar-refractivity contribution in [1.29, 1.82) is 0 Å². The molecule has 0 fully saturated rings. The van der Waals surface area contributed by atoms with Gasteiger partial charge in [-0.1, -0.05) is 53.8 Å². The third-order valence-corrected chi connectivity index (χ3v) is 7.79. The third-order valence-electron chi connectivity index (χ3n) is 5.56. The summed E-state index contributed by atoms with van der Waals surface area (Å²) in [6.07, 6.45) is 0.447. The lowest BCUT2D eigenvalue weighted by Gasteiger charge is -2.27. The number of carbonyl (C=O) groups excluding carboxylic acids is 3. The molecular formula is C24H30BrN3O5Si. The Morgan fingerprint density at radius 1 is 1.26 bits per heavy atom. The Hall–Kier alpha value is -2.69. The predicted molar refractivity (Wildman–Crippen MR) is 135 cm³/mol. The van der Waals surface area contributed by atoms with E-state index >= 15 is 0 Å². The molecule has 0 unspecified atom stereocenters. The zero-order valence-electron chi connectivity index (χ0n) is 19.6. The summed E-state index contributed by atoms with van der Waals surface area (Å²) >= 11 is 3.41. The smallest absolute Gasteiger partial charge is 0.326 e. The summed E-state index contributed by atoms with van der Waals surface area (Å²) in [7, 11) is -1.29. The molecule has 1 heterocycles. The molecule has 8 nitrogen and oxygen atoms in total. The number of nitrogens with zero attached hydrogens (tertiary/aromatic N) is 2. The number of hydrogen-bond donors (Lipinski definition) is 2. The molecule has 2 aromatic carbocycles. The molecule has 34 heavy (non-hydrogen) atoms. The SMILES string of the molecule is C[Si](C)(C)CCOCN(C=O)C(=O)N[C@@H](CN1Cc2ccc(O)cc2C1=O)c1ccc(Br)cc1. The van der Waals surface area contributed by atoms with E-state index in [1.165, 1.54) is 6.07 Å². The number of ether oxygens (including phenoxy) is 1. The summed E-state index contributed by atoms with van der Waals surface area (Å²) in [4.78, 5) is 40.0. The minimum Gasteiger partial charge on any atom is -0.508 e. The first-order chi connectivity index (χ1) is 16.1. The summed E-state index contributed by atoms with van der Waals surface area (Å²) in [6, 6.07) is 11.9. The molecule has 0 radical (unpaired) electrons. The van der Waals surface area contributed by atoms with Crippen LogP contribution in [0.25, 0.3) is 0 Å². The van der Waals surface area contributed by atoms with Gasteiger partial charge in [0.2, 0.25) is 6.41 Å². The number of phenolic OH excluding ortho intramolecular Hbond substituents is 1. The molecule has 1 aliphatic rings. The van der Waals surface area contributed by atoms with Crippen molar-refractivity contribution in [3.8, 4) is 5.75 Å². The number of hydrogen-bond acceptors (Lipinski definition) is 5. The first kappa shape index (κ1) is 25.9. The van der Waals surface area contributed by atoms with Crippen molar-refractivity contribution in [1.82, 2.24) is 15.1 Å². The lowest BCUT2D eigenvalue weighted by atomic mass is 10.1. The van der Waals surface area contributed by atoms with E-state index in [2.05, 4.69) is 40.9 Å². The van der Waals surface area contributed by atoms with Crippen LogP contribution in [-0.2, 0) is 16.1 Å². The zero-order valence-corrected chi connectivity index (χ0v) is 22.2. The van der Waals surface area contributed by atoms with E-state index < -0.39 is 20.1 Å². The van der Waals surface area contributed by atoms with Crippen molar-refractivity contribution in [2.24, 2.45) is 0 Å². The number of fused-ring (bicyclic) bond motifs is 1. The summed E-state index contributed by atoms with van der Waals surface area (Å²) in [6.45, 7) is 7.59. The standard InChI is InChI=1S/C24H30BrN3O5Si/c1-34(2,3)11-10-33-16-28(15-29)24(32)26-22(17-4-7-19(25)8-5-17)14-27-13-18-6-9-20(30)12-21(18)23(27)31/h4-9,12,15,22,30H,10-11,13-14,16H2,1-3H3,(H,26,32)/t22-/m0/s1. The minimum atomic E-state index is -1.29. The van der Waals surface area contributed by atoms with Crippen molar-refractivity contribution in [2.45, 2.75) is 38.3 Å². The highest BCUT2D eigenvalue weighted by atomic mass is 79.9. The van der Waals surface area contributed by atoms with Gasteiger partial charge in [-0.3, -0.25) is 9.59 Å². The number of phenols is 1. The van der Waals surface area contributed by atoms with Gasteiger partial charge in [0.25, 0.3) is 5.91 Å². The fourth-order valence-electron chi connectivity index (χ4n) is 3.56. The minimum absolute atomic E-state index is 0.0301. The van der Waals surface area contributed by atoms with Gasteiger partial charge >= 0.3 is 6.03 Å². The number of nitrogens with one attached hydrogen (secondary N) is 1. The molecule has 0 saturated heterocycles. The van der Waals surface area contributed by atoms with E-state index in [1.54, 1.807) is 17.0 Å². The topological polar surface area (TPSA) is 99.2 Å². The van der Waals surface area contributed by atoms with Crippen LogP contribution in [0.5, 0.6) is 5.75 Å². The van der Waals surface area contributed by atoms with Crippen LogP contribution in [0.3, 0.4) is 0 Å². The molecule has 1 aliphatic heterocycles. The van der Waals surface area contributed by atoms with Crippen LogP contribution in [0.15, 0.2) is 46.9 Å². The molecule has 0 bridgehead atoms. The van der Waals surface area contributed by atoms with E-state index in [-0.39, 0.29) is 24.9 Å². The van der Waals surface area contributed by atoms with Gasteiger partial charge in [-0.05, 0) is 41.4 Å². The van der Waals surface area contributed by atoms with Crippen LogP contribution in [0, 0.1) is 0 Å². The Balaban J connectivity index is 1.71. The molecule has 2 N–H and O–H groups in total. The third kappa shape index (κ3) is 6.91. The molecule has 0 spiro atoms. The van der Waals surface area contributed by atoms with Crippen molar-refractivity contribution < 1.29 is 24.2 Å². The summed E-state index contributed by atoms with van der Waals surface area (Å²) in [5.41, 5.74) is 2.05. The maximum Gasteiger partial charge on any atom is 0.326 e. The van der Waals surface area contributed by atoms with Gasteiger partial charge < -0.3 is 20.1 Å². The van der Waals surface area contributed by atoms with Crippen molar-refractivity contribution in [2.75, 3.05) is 19.9 Å². The van der Waals surface area contributed by atoms with Crippen LogP contribution in [0.2, 0.25) is 25.7 Å². The van der Waals surface area contributed by atoms with Crippen LogP contribution >= 0.6 is 15.9 Å². The quantitative estimate of drug-likeness (QED) is 0.199. The Bertz CT molecular complexity index is 1040. The Labute approximate surface area is 209 Å². The second-order valence-electron chi connectivity index (χ2n) is 9.50. The highest BCUT2D eigenvalue weighted by Crippen LogP contribution is 2.28. The van der Waals surface area contributed by atoms with E-state index in [9.17, 15) is 19.5 Å². The fraction of sp³-hybridized carbons (Fsp3) is 0.375. The zero-order chi connectivity index (χ0) is 24.9. The molecule has 182 valence electrons. The fourth-order valence-corrected chi connectivity index (χ4v) is 4.58. The van der Waals surface area contributed by atoms with Gasteiger partial charge in [-0.15, -0.1) is 0 Å². The maximum atomic E-state index is 12.9. The second kappa shape index (κ2) is 11.2. The van der Waals surface area contributed by atoms with Gasteiger partial charge in [0, 0.05) is 37.8 Å². The molecule has 0 aromatic heterocycles. The molecule has 3 rings (SSSR count). The van der Waals surface area contributed by atoms with Crippen LogP contribution in [-0.4, -0.2) is 61.2 Å². The number of benzene rings is 2.